The van der Waals surface area contributed by atoms with Crippen molar-refractivity contribution in [3.63, 3.8) is 0 Å². The predicted octanol–water partition coefficient (Wildman–Crippen LogP) is 3.03. The van der Waals surface area contributed by atoms with Gasteiger partial charge in [-0.05, 0) is 24.6 Å². The molecule has 0 saturated heterocycles. The number of nitrogens with two attached hydrogens (primary N) is 1. The van der Waals surface area contributed by atoms with Crippen LogP contribution in [0.5, 0.6) is 11.6 Å². The second kappa shape index (κ2) is 4.93. The van der Waals surface area contributed by atoms with Crippen LogP contribution < -0.4 is 10.5 Å². The van der Waals surface area contributed by atoms with Crippen molar-refractivity contribution >= 4 is 0 Å². The molecule has 0 radical (unpaired) electrons. The van der Waals surface area contributed by atoms with Crippen LogP contribution in [0.2, 0.25) is 0 Å². The Hall–Kier alpha value is -1.94. The molecule has 0 aliphatic carbocycles. The summed E-state index contributed by atoms with van der Waals surface area (Å²) < 4.78 is 18.3. The van der Waals surface area contributed by atoms with Crippen LogP contribution in [-0.2, 0) is 0 Å². The number of aromatic nitrogens is 1. The van der Waals surface area contributed by atoms with Gasteiger partial charge in [0.15, 0.2) is 0 Å². The summed E-state index contributed by atoms with van der Waals surface area (Å²) in [6.07, 6.45) is 1.65. The number of halogens is 1. The fourth-order valence-corrected chi connectivity index (χ4v) is 1.37. The van der Waals surface area contributed by atoms with Crippen molar-refractivity contribution in [1.82, 2.24) is 4.98 Å². The molecule has 0 aliphatic heterocycles. The number of benzene rings is 1. The number of pyridine rings is 1. The van der Waals surface area contributed by atoms with Gasteiger partial charge in [-0.1, -0.05) is 12.1 Å². The van der Waals surface area contributed by atoms with E-state index in [0.717, 1.165) is 5.56 Å². The molecule has 2 rings (SSSR count). The Bertz CT molecular complexity index is 497. The Morgan fingerprint density at radius 2 is 2.12 bits per heavy atom. The van der Waals surface area contributed by atoms with Gasteiger partial charge in [-0.15, -0.1) is 0 Å². The highest BCUT2D eigenvalue weighted by Gasteiger charge is 2.02. The van der Waals surface area contributed by atoms with E-state index in [4.69, 9.17) is 10.5 Å². The van der Waals surface area contributed by atoms with Crippen molar-refractivity contribution in [2.75, 3.05) is 0 Å². The average Bonchev–Trinajstić information content (AvgIpc) is 2.29. The van der Waals surface area contributed by atoms with E-state index in [9.17, 15) is 4.39 Å². The lowest BCUT2D eigenvalue weighted by Gasteiger charge is -2.07. The lowest BCUT2D eigenvalue weighted by molar-refractivity contribution is 0.457. The average molecular weight is 232 g/mol. The van der Waals surface area contributed by atoms with Crippen molar-refractivity contribution in [1.29, 1.82) is 0 Å². The molecule has 1 heterocycles. The second-order valence-corrected chi connectivity index (χ2v) is 3.78. The maximum atomic E-state index is 12.9. The van der Waals surface area contributed by atoms with Gasteiger partial charge in [-0.25, -0.2) is 9.37 Å². The van der Waals surface area contributed by atoms with Crippen molar-refractivity contribution in [2.24, 2.45) is 5.73 Å². The third-order valence-corrected chi connectivity index (χ3v) is 2.30. The summed E-state index contributed by atoms with van der Waals surface area (Å²) in [4.78, 5) is 4.10. The summed E-state index contributed by atoms with van der Waals surface area (Å²) in [5.74, 6) is 0.501. The van der Waals surface area contributed by atoms with Crippen molar-refractivity contribution in [3.8, 4) is 11.6 Å². The second-order valence-electron chi connectivity index (χ2n) is 3.78. The number of rotatable bonds is 3. The quantitative estimate of drug-likeness (QED) is 0.884. The van der Waals surface area contributed by atoms with E-state index in [2.05, 4.69) is 4.98 Å². The van der Waals surface area contributed by atoms with E-state index < -0.39 is 0 Å². The summed E-state index contributed by atoms with van der Waals surface area (Å²) in [6.45, 7) is 1.88. The molecule has 1 aromatic heterocycles. The van der Waals surface area contributed by atoms with E-state index >= 15 is 0 Å². The van der Waals surface area contributed by atoms with Gasteiger partial charge in [0.2, 0.25) is 5.88 Å². The maximum absolute atomic E-state index is 12.9. The van der Waals surface area contributed by atoms with Crippen molar-refractivity contribution in [2.45, 2.75) is 13.0 Å². The molecule has 4 heteroatoms. The zero-order valence-electron chi connectivity index (χ0n) is 9.43. The normalized spacial score (nSPS) is 12.2. The van der Waals surface area contributed by atoms with Gasteiger partial charge in [0.25, 0.3) is 0 Å². The van der Waals surface area contributed by atoms with Gasteiger partial charge in [0.1, 0.15) is 11.6 Å². The fraction of sp³-hybridized carbons (Fsp3) is 0.154. The molecule has 1 atom stereocenters. The molecule has 0 spiro atoms. The monoisotopic (exact) mass is 232 g/mol. The summed E-state index contributed by atoms with van der Waals surface area (Å²) in [5, 5.41) is 0. The third kappa shape index (κ3) is 3.01. The summed E-state index contributed by atoms with van der Waals surface area (Å²) in [5.41, 5.74) is 6.63. The van der Waals surface area contributed by atoms with Crippen molar-refractivity contribution < 1.29 is 9.13 Å². The number of nitrogens with zero attached hydrogens (tertiary/aromatic N) is 1. The molecule has 88 valence electrons. The zero-order valence-corrected chi connectivity index (χ0v) is 9.43. The minimum atomic E-state index is -0.338. The molecular formula is C13H13FN2O. The molecular weight excluding hydrogens is 219 g/mol. The standard InChI is InChI=1S/C13H13FN2O/c1-9(15)10-5-6-13(16-8-10)17-12-4-2-3-11(14)7-12/h2-9H,15H2,1H3/t9-/m1/s1. The maximum Gasteiger partial charge on any atom is 0.219 e. The zero-order chi connectivity index (χ0) is 12.3. The van der Waals surface area contributed by atoms with Crippen LogP contribution in [0, 0.1) is 5.82 Å². The number of hydrogen-bond acceptors (Lipinski definition) is 3. The van der Waals surface area contributed by atoms with Crippen LogP contribution in [0.1, 0.15) is 18.5 Å². The molecule has 2 aromatic rings. The van der Waals surface area contributed by atoms with Crippen LogP contribution >= 0.6 is 0 Å². The highest BCUT2D eigenvalue weighted by Crippen LogP contribution is 2.20. The van der Waals surface area contributed by atoms with Crippen LogP contribution in [0.15, 0.2) is 42.6 Å². The van der Waals surface area contributed by atoms with E-state index in [1.165, 1.54) is 12.1 Å². The molecule has 3 nitrogen and oxygen atoms in total. The highest BCUT2D eigenvalue weighted by molar-refractivity contribution is 5.28. The van der Waals surface area contributed by atoms with Gasteiger partial charge in [-0.2, -0.15) is 0 Å². The number of ether oxygens (including phenoxy) is 1. The SMILES string of the molecule is C[C@@H](N)c1ccc(Oc2cccc(F)c2)nc1. The first-order valence-electron chi connectivity index (χ1n) is 5.30. The van der Waals surface area contributed by atoms with E-state index in [1.54, 1.807) is 24.4 Å². The molecule has 0 fully saturated rings. The van der Waals surface area contributed by atoms with Crippen LogP contribution in [-0.4, -0.2) is 4.98 Å². The van der Waals surface area contributed by atoms with Gasteiger partial charge >= 0.3 is 0 Å². The highest BCUT2D eigenvalue weighted by atomic mass is 19.1. The third-order valence-electron chi connectivity index (χ3n) is 2.30. The Morgan fingerprint density at radius 1 is 1.29 bits per heavy atom. The lowest BCUT2D eigenvalue weighted by Crippen LogP contribution is -2.05. The summed E-state index contributed by atoms with van der Waals surface area (Å²) in [7, 11) is 0. The first kappa shape index (κ1) is 11.5. The topological polar surface area (TPSA) is 48.1 Å². The molecule has 0 amide bonds. The van der Waals surface area contributed by atoms with Crippen LogP contribution in [0.4, 0.5) is 4.39 Å². The van der Waals surface area contributed by atoms with Crippen LogP contribution in [0.25, 0.3) is 0 Å². The molecule has 2 N–H and O–H groups in total. The first-order valence-corrected chi connectivity index (χ1v) is 5.30. The Kier molecular flexibility index (Phi) is 3.35. The molecule has 0 aliphatic rings. The van der Waals surface area contributed by atoms with Gasteiger partial charge in [0, 0.05) is 24.4 Å². The minimum Gasteiger partial charge on any atom is -0.439 e. The molecule has 0 unspecified atom stereocenters. The Morgan fingerprint density at radius 3 is 2.71 bits per heavy atom. The minimum absolute atomic E-state index is 0.0641. The lowest BCUT2D eigenvalue weighted by atomic mass is 10.2. The van der Waals surface area contributed by atoms with E-state index in [0.29, 0.717) is 11.6 Å². The van der Waals surface area contributed by atoms with E-state index in [1.807, 2.05) is 13.0 Å². The van der Waals surface area contributed by atoms with Crippen molar-refractivity contribution in [3.05, 3.63) is 54.0 Å². The predicted molar refractivity (Wildman–Crippen MR) is 63.3 cm³/mol. The first-order chi connectivity index (χ1) is 8.15. The van der Waals surface area contributed by atoms with E-state index in [-0.39, 0.29) is 11.9 Å². The van der Waals surface area contributed by atoms with Gasteiger partial charge in [0.05, 0.1) is 0 Å². The molecule has 0 saturated carbocycles. The fourth-order valence-electron chi connectivity index (χ4n) is 1.37. The Balaban J connectivity index is 2.14. The summed E-state index contributed by atoms with van der Waals surface area (Å²) in [6, 6.07) is 9.41. The smallest absolute Gasteiger partial charge is 0.219 e. The Labute approximate surface area is 99.1 Å². The van der Waals surface area contributed by atoms with Gasteiger partial charge in [-0.3, -0.25) is 0 Å². The van der Waals surface area contributed by atoms with Crippen LogP contribution in [0.3, 0.4) is 0 Å². The number of hydrogen-bond donors (Lipinski definition) is 1. The van der Waals surface area contributed by atoms with Gasteiger partial charge < -0.3 is 10.5 Å². The molecule has 1 aromatic carbocycles. The largest absolute Gasteiger partial charge is 0.439 e. The summed E-state index contributed by atoms with van der Waals surface area (Å²) >= 11 is 0. The molecule has 17 heavy (non-hydrogen) atoms. The molecule has 0 bridgehead atoms.